The Balaban J connectivity index is 0.000000366. The fourth-order valence-corrected chi connectivity index (χ4v) is 13.6. The van der Waals surface area contributed by atoms with Gasteiger partial charge in [0.2, 0.25) is 23.7 Å². The molecule has 0 spiro atoms. The predicted octanol–water partition coefficient (Wildman–Crippen LogP) is 10.8. The first-order chi connectivity index (χ1) is 56.6. The van der Waals surface area contributed by atoms with Gasteiger partial charge in [0.1, 0.15) is 38.5 Å². The second-order valence-corrected chi connectivity index (χ2v) is 29.6. The summed E-state index contributed by atoms with van der Waals surface area (Å²) in [7, 11) is -9.41. The summed E-state index contributed by atoms with van der Waals surface area (Å²) in [6.07, 6.45) is -2.40. The van der Waals surface area contributed by atoms with E-state index in [0.29, 0.717) is 27.8 Å². The van der Waals surface area contributed by atoms with E-state index in [2.05, 4.69) is 30.8 Å². The van der Waals surface area contributed by atoms with E-state index in [4.69, 9.17) is 42.1 Å². The minimum atomic E-state index is -4.74. The molecule has 2 aromatic heterocycles. The van der Waals surface area contributed by atoms with Gasteiger partial charge in [0, 0.05) is 62.0 Å². The lowest BCUT2D eigenvalue weighted by Crippen LogP contribution is -2.45. The minimum Gasteiger partial charge on any atom is -0.481 e. The summed E-state index contributed by atoms with van der Waals surface area (Å²) < 4.78 is 99.6. The first kappa shape index (κ1) is 92.9. The number of carboxylic acid groups (broad SMARTS) is 4. The van der Waals surface area contributed by atoms with Crippen molar-refractivity contribution in [2.75, 3.05) is 13.2 Å². The number of carbonyl (C=O) groups excluding carboxylic acids is 8. The van der Waals surface area contributed by atoms with Crippen molar-refractivity contribution >= 4 is 86.6 Å². The molecule has 8 rings (SSSR count). The van der Waals surface area contributed by atoms with E-state index in [0.717, 1.165) is 36.2 Å². The van der Waals surface area contributed by atoms with E-state index < -0.39 is 193 Å². The average Bonchev–Trinajstić information content (AvgIpc) is 0.852. The van der Waals surface area contributed by atoms with Crippen LogP contribution < -0.4 is 20.8 Å². The van der Waals surface area contributed by atoms with Gasteiger partial charge in [0.05, 0.1) is 38.3 Å². The molecule has 8 atom stereocenters. The molecule has 0 bridgehead atoms. The Labute approximate surface area is 675 Å². The third kappa shape index (κ3) is 34.7. The topological polar surface area (TPSA) is 468 Å². The van der Waals surface area contributed by atoms with Crippen LogP contribution in [-0.4, -0.2) is 139 Å². The molecular weight excluding hydrogens is 1580 g/mol. The van der Waals surface area contributed by atoms with Gasteiger partial charge in [-0.05, 0) is 83.3 Å². The highest BCUT2D eigenvalue weighted by molar-refractivity contribution is 7.52. The van der Waals surface area contributed by atoms with Crippen molar-refractivity contribution < 1.29 is 133 Å². The van der Waals surface area contributed by atoms with Gasteiger partial charge in [-0.1, -0.05) is 182 Å². The van der Waals surface area contributed by atoms with Crippen LogP contribution in [-0.2, 0) is 134 Å². The largest absolute Gasteiger partial charge is 0.481 e. The highest BCUT2D eigenvalue weighted by Gasteiger charge is 2.39. The zero-order chi connectivity index (χ0) is 85.2. The van der Waals surface area contributed by atoms with E-state index in [9.17, 15) is 90.8 Å². The van der Waals surface area contributed by atoms with Gasteiger partial charge in [-0.15, -0.1) is 0 Å². The van der Waals surface area contributed by atoms with E-state index in [1.165, 1.54) is 6.07 Å². The molecule has 118 heavy (non-hydrogen) atoms. The van der Waals surface area contributed by atoms with Crippen molar-refractivity contribution in [3.63, 3.8) is 0 Å². The third-order valence-corrected chi connectivity index (χ3v) is 20.2. The number of esters is 4. The first-order valence-electron chi connectivity index (χ1n) is 36.6. The standard InChI is InChI=1S/C55H55FN3O13P.C27H31FN3O13P/c56-50-29-26-46(33-57-50)49(60)32-45(53(63)68-35-41-18-8-2-9-19-41)27-30-51(61)58-48(55(65)70-37-43-22-12-4-13-23-43)39-72-73(66,71-38-44-24-14-5-15-25-44)59-47(54(64)69-36-42-20-10-3-11-21-42)28-31-52(62)67-34-40-16-6-1-7-17-40;28-22-9-6-18(13-29-22)21(32)12-17(25(36)37)7-10-23(33)30-20(27(40)41)15-44-45(42,43-14-16-4-2-1-3-5-16)31-19(26(38)39)8-11-24(34)35/h1-26,29,33,45,47-48H,27-28,30-32,34-39H2,(H,58,61)(H,59,66);1-6,9,13,17,19-20H,7-8,10-12,14-15H2,(H,30,33)(H,31,42)(H,34,35)(H,36,37)(H,38,39)(H,40,41). The predicted molar refractivity (Wildman–Crippen MR) is 413 cm³/mol. The number of aromatic nitrogens is 2. The van der Waals surface area contributed by atoms with Crippen LogP contribution >= 0.6 is 15.5 Å². The van der Waals surface area contributed by atoms with Gasteiger partial charge in [-0.25, -0.2) is 38.9 Å². The maximum atomic E-state index is 15.0. The van der Waals surface area contributed by atoms with Gasteiger partial charge in [0.15, 0.2) is 23.7 Å². The molecule has 0 aliphatic heterocycles. The molecule has 6 aromatic carbocycles. The van der Waals surface area contributed by atoms with Crippen molar-refractivity contribution in [1.82, 2.24) is 30.8 Å². The fourth-order valence-electron chi connectivity index (χ4n) is 10.6. The van der Waals surface area contributed by atoms with Gasteiger partial charge in [-0.2, -0.15) is 8.78 Å². The second kappa shape index (κ2) is 49.0. The number of Topliss-reactive ketones (excluding diaryl/α,β-unsaturated/α-hetero) is 2. The normalized spacial score (nSPS) is 13.5. The van der Waals surface area contributed by atoms with Crippen LogP contribution in [0, 0.1) is 23.7 Å². The zero-order valence-corrected chi connectivity index (χ0v) is 65.1. The van der Waals surface area contributed by atoms with E-state index in [1.54, 1.807) is 176 Å². The molecule has 0 aliphatic carbocycles. The summed E-state index contributed by atoms with van der Waals surface area (Å²) in [6.45, 7) is -3.10. The Morgan fingerprint density at radius 1 is 0.347 bits per heavy atom. The molecule has 0 aliphatic rings. The summed E-state index contributed by atoms with van der Waals surface area (Å²) >= 11 is 0. The highest BCUT2D eigenvalue weighted by atomic mass is 31.2. The number of carbonyl (C=O) groups is 12. The van der Waals surface area contributed by atoms with Crippen molar-refractivity contribution in [2.24, 2.45) is 11.8 Å². The summed E-state index contributed by atoms with van der Waals surface area (Å²) in [5.74, 6) is -16.5. The van der Waals surface area contributed by atoms with E-state index >= 15 is 0 Å². The minimum absolute atomic E-state index is 0.0314. The van der Waals surface area contributed by atoms with Gasteiger partial charge >= 0.3 is 63.2 Å². The maximum Gasteiger partial charge on any atom is 0.406 e. The summed E-state index contributed by atoms with van der Waals surface area (Å²) in [5.41, 5.74) is 3.69. The molecule has 2 amide bonds. The van der Waals surface area contributed by atoms with Crippen LogP contribution in [0.25, 0.3) is 0 Å². The number of ether oxygens (including phenoxy) is 4. The van der Waals surface area contributed by atoms with Crippen molar-refractivity contribution in [2.45, 2.75) is 128 Å². The van der Waals surface area contributed by atoms with E-state index in [-0.39, 0.29) is 70.0 Å². The molecule has 8 aromatic rings. The first-order valence-corrected chi connectivity index (χ1v) is 39.7. The lowest BCUT2D eigenvalue weighted by Gasteiger charge is -2.26. The van der Waals surface area contributed by atoms with Gasteiger partial charge < -0.3 is 50.0 Å². The number of benzene rings is 6. The number of hydrogen-bond acceptors (Lipinski definition) is 24. The summed E-state index contributed by atoms with van der Waals surface area (Å²) in [5, 5.41) is 46.8. The smallest absolute Gasteiger partial charge is 0.406 e. The van der Waals surface area contributed by atoms with Gasteiger partial charge in [0.25, 0.3) is 0 Å². The SMILES string of the molecule is O=C(CCC(CC(=O)c1ccc(F)nc1)C(=O)OCc1ccccc1)NC(COP(=O)(NC(CCC(=O)OCc1ccccc1)C(=O)OCc1ccccc1)OCc1ccccc1)C(=O)OCc1ccccc1.O=C(O)CCC(NP(=O)(OCc1ccccc1)OCC(NC(=O)CCC(CC(=O)c1ccc(F)nc1)C(=O)O)C(=O)O)C(=O)O. The van der Waals surface area contributed by atoms with Crippen LogP contribution in [0.4, 0.5) is 8.78 Å². The van der Waals surface area contributed by atoms with Crippen molar-refractivity contribution in [3.8, 4) is 0 Å². The monoisotopic (exact) mass is 1670 g/mol. The van der Waals surface area contributed by atoms with E-state index in [1.807, 2.05) is 6.07 Å². The fraction of sp³-hybridized carbons (Fsp3) is 0.293. The van der Waals surface area contributed by atoms with Crippen molar-refractivity contribution in [1.29, 1.82) is 0 Å². The molecule has 36 heteroatoms. The molecule has 2 heterocycles. The number of nitrogens with one attached hydrogen (secondary N) is 4. The number of rotatable bonds is 50. The number of ketones is 2. The quantitative estimate of drug-likeness (QED) is 0.00577. The molecule has 0 fully saturated rings. The third-order valence-electron chi connectivity index (χ3n) is 17.1. The molecular formula is C82H86F2N6O26P2. The number of hydrogen-bond donors (Lipinski definition) is 8. The molecule has 0 saturated heterocycles. The lowest BCUT2D eigenvalue weighted by molar-refractivity contribution is -0.151. The van der Waals surface area contributed by atoms with Crippen LogP contribution in [0.3, 0.4) is 0 Å². The molecule has 0 radical (unpaired) electrons. The molecule has 624 valence electrons. The second-order valence-electron chi connectivity index (χ2n) is 26.1. The molecule has 0 saturated carbocycles. The molecule has 32 nitrogen and oxygen atoms in total. The highest BCUT2D eigenvalue weighted by Crippen LogP contribution is 2.47. The Kier molecular flexibility index (Phi) is 38.5. The average molecular weight is 1670 g/mol. The van der Waals surface area contributed by atoms with Crippen LogP contribution in [0.2, 0.25) is 0 Å². The number of aliphatic carboxylic acids is 4. The van der Waals surface area contributed by atoms with Crippen LogP contribution in [0.5, 0.6) is 0 Å². The number of amides is 2. The summed E-state index contributed by atoms with van der Waals surface area (Å²) in [6, 6.07) is 49.4. The Morgan fingerprint density at radius 2 is 0.686 bits per heavy atom. The Hall–Kier alpha value is -12.3. The number of pyridine rings is 2. The number of halogens is 2. The molecule has 8 N–H and O–H groups in total. The Morgan fingerprint density at radius 3 is 1.07 bits per heavy atom. The Bertz CT molecular complexity index is 4710. The number of carboxylic acids is 4. The molecule has 8 unspecified atom stereocenters. The van der Waals surface area contributed by atoms with Crippen LogP contribution in [0.15, 0.2) is 219 Å². The zero-order valence-electron chi connectivity index (χ0n) is 63.3. The summed E-state index contributed by atoms with van der Waals surface area (Å²) in [4.78, 5) is 159. The van der Waals surface area contributed by atoms with Gasteiger partial charge in [-0.3, -0.25) is 66.0 Å². The lowest BCUT2D eigenvalue weighted by atomic mass is 9.94. The van der Waals surface area contributed by atoms with Crippen molar-refractivity contribution in [3.05, 3.63) is 275 Å². The van der Waals surface area contributed by atoms with Crippen LogP contribution in [0.1, 0.15) is 118 Å². The number of nitrogens with zero attached hydrogens (tertiary/aromatic N) is 2. The maximum absolute atomic E-state index is 15.0.